The zero-order chi connectivity index (χ0) is 20.2. The fourth-order valence-corrected chi connectivity index (χ4v) is 3.74. The van der Waals surface area contributed by atoms with Gasteiger partial charge in [-0.3, -0.25) is 14.4 Å². The Morgan fingerprint density at radius 2 is 1.83 bits per heavy atom. The van der Waals surface area contributed by atoms with E-state index in [-0.39, 0.29) is 37.1 Å². The van der Waals surface area contributed by atoms with Gasteiger partial charge >= 0.3 is 0 Å². The van der Waals surface area contributed by atoms with Crippen LogP contribution in [0.1, 0.15) is 12.8 Å². The van der Waals surface area contributed by atoms with E-state index in [9.17, 15) is 14.4 Å². The number of morpholine rings is 1. The first-order chi connectivity index (χ1) is 14.1. The van der Waals surface area contributed by atoms with E-state index in [1.54, 1.807) is 28.0 Å². The Kier molecular flexibility index (Phi) is 5.84. The van der Waals surface area contributed by atoms with Crippen molar-refractivity contribution in [1.82, 2.24) is 10.2 Å². The van der Waals surface area contributed by atoms with Gasteiger partial charge in [-0.25, -0.2) is 0 Å². The Morgan fingerprint density at radius 3 is 2.62 bits per heavy atom. The zero-order valence-electron chi connectivity index (χ0n) is 16.2. The second kappa shape index (κ2) is 8.69. The molecular formula is C20H25N3O6. The molecule has 4 rings (SSSR count). The van der Waals surface area contributed by atoms with Crippen LogP contribution in [0, 0.1) is 5.92 Å². The molecule has 0 unspecified atom stereocenters. The van der Waals surface area contributed by atoms with Gasteiger partial charge in [0.05, 0.1) is 19.1 Å². The average Bonchev–Trinajstić information content (AvgIpc) is 3.15. The molecule has 1 aromatic carbocycles. The number of rotatable bonds is 5. The van der Waals surface area contributed by atoms with Crippen LogP contribution < -0.4 is 19.7 Å². The van der Waals surface area contributed by atoms with Crippen molar-refractivity contribution in [3.63, 3.8) is 0 Å². The summed E-state index contributed by atoms with van der Waals surface area (Å²) >= 11 is 0. The first-order valence-corrected chi connectivity index (χ1v) is 9.95. The largest absolute Gasteiger partial charge is 0.486 e. The molecule has 0 radical (unpaired) electrons. The fraction of sp³-hybridized carbons (Fsp3) is 0.550. The molecule has 9 heteroatoms. The lowest BCUT2D eigenvalue weighted by molar-refractivity contribution is -0.135. The topological polar surface area (TPSA) is 97.4 Å². The lowest BCUT2D eigenvalue weighted by atomic mass is 10.1. The summed E-state index contributed by atoms with van der Waals surface area (Å²) in [6, 6.07) is 5.35. The van der Waals surface area contributed by atoms with E-state index >= 15 is 0 Å². The van der Waals surface area contributed by atoms with Crippen LogP contribution in [0.2, 0.25) is 0 Å². The van der Waals surface area contributed by atoms with E-state index < -0.39 is 5.92 Å². The summed E-state index contributed by atoms with van der Waals surface area (Å²) in [7, 11) is 0. The van der Waals surface area contributed by atoms with Crippen molar-refractivity contribution in [3.05, 3.63) is 18.2 Å². The van der Waals surface area contributed by atoms with Crippen LogP contribution in [0.25, 0.3) is 0 Å². The third-order valence-corrected chi connectivity index (χ3v) is 5.34. The third-order valence-electron chi connectivity index (χ3n) is 5.34. The molecule has 3 aliphatic rings. The van der Waals surface area contributed by atoms with Crippen molar-refractivity contribution in [1.29, 1.82) is 0 Å². The molecule has 1 N–H and O–H groups in total. The summed E-state index contributed by atoms with van der Waals surface area (Å²) in [6.07, 6.45) is 0.399. The molecule has 3 amide bonds. The quantitative estimate of drug-likeness (QED) is 0.753. The van der Waals surface area contributed by atoms with Crippen LogP contribution >= 0.6 is 0 Å². The normalized spacial score (nSPS) is 21.2. The van der Waals surface area contributed by atoms with E-state index in [1.165, 1.54) is 0 Å². The Balaban J connectivity index is 1.28. The summed E-state index contributed by atoms with van der Waals surface area (Å²) in [5.41, 5.74) is 0.692. The maximum atomic E-state index is 12.5. The number of carbonyl (C=O) groups is 3. The second-order valence-corrected chi connectivity index (χ2v) is 7.27. The molecule has 29 heavy (non-hydrogen) atoms. The lowest BCUT2D eigenvalue weighted by Crippen LogP contribution is -2.42. The molecule has 0 bridgehead atoms. The highest BCUT2D eigenvalue weighted by molar-refractivity contribution is 6.00. The van der Waals surface area contributed by atoms with Crippen LogP contribution in [-0.2, 0) is 19.1 Å². The van der Waals surface area contributed by atoms with E-state index in [4.69, 9.17) is 14.2 Å². The minimum absolute atomic E-state index is 0.00834. The number of amides is 3. The number of benzene rings is 1. The van der Waals surface area contributed by atoms with Crippen LogP contribution in [0.15, 0.2) is 18.2 Å². The van der Waals surface area contributed by atoms with E-state index in [2.05, 4.69) is 5.32 Å². The van der Waals surface area contributed by atoms with Crippen molar-refractivity contribution in [3.8, 4) is 11.5 Å². The molecule has 2 fully saturated rings. The summed E-state index contributed by atoms with van der Waals surface area (Å²) in [6.45, 7) is 3.84. The number of fused-ring (bicyclic) bond motifs is 1. The molecule has 1 atom stereocenters. The molecule has 1 aromatic rings. The molecule has 3 aliphatic heterocycles. The van der Waals surface area contributed by atoms with Gasteiger partial charge in [-0.15, -0.1) is 0 Å². The van der Waals surface area contributed by atoms with Gasteiger partial charge in [-0.1, -0.05) is 0 Å². The van der Waals surface area contributed by atoms with E-state index in [1.807, 2.05) is 0 Å². The predicted molar refractivity (Wildman–Crippen MR) is 103 cm³/mol. The number of hydrogen-bond acceptors (Lipinski definition) is 6. The smallest absolute Gasteiger partial charge is 0.227 e. The molecule has 0 saturated carbocycles. The van der Waals surface area contributed by atoms with Crippen LogP contribution in [0.5, 0.6) is 11.5 Å². The molecule has 2 saturated heterocycles. The summed E-state index contributed by atoms with van der Waals surface area (Å²) in [5, 5.41) is 2.80. The first kappa shape index (κ1) is 19.5. The maximum Gasteiger partial charge on any atom is 0.227 e. The van der Waals surface area contributed by atoms with E-state index in [0.717, 1.165) is 0 Å². The molecule has 0 spiro atoms. The van der Waals surface area contributed by atoms with Gasteiger partial charge in [-0.05, 0) is 12.1 Å². The van der Waals surface area contributed by atoms with Crippen molar-refractivity contribution in [2.75, 3.05) is 57.5 Å². The second-order valence-electron chi connectivity index (χ2n) is 7.27. The highest BCUT2D eigenvalue weighted by Crippen LogP contribution is 2.35. The molecule has 0 aliphatic carbocycles. The standard InChI is InChI=1S/C20H25N3O6/c24-18(22-5-7-27-8-6-22)3-4-21-20(26)14-11-19(25)23(13-14)15-1-2-16-17(12-15)29-10-9-28-16/h1-2,12,14H,3-11,13H2,(H,21,26)/t14-/m1/s1. The number of hydrogen-bond donors (Lipinski definition) is 1. The van der Waals surface area contributed by atoms with Gasteiger partial charge < -0.3 is 29.3 Å². The first-order valence-electron chi connectivity index (χ1n) is 9.95. The number of nitrogens with zero attached hydrogens (tertiary/aromatic N) is 2. The number of nitrogens with one attached hydrogen (secondary N) is 1. The Morgan fingerprint density at radius 1 is 1.07 bits per heavy atom. The maximum absolute atomic E-state index is 12.5. The van der Waals surface area contributed by atoms with Gasteiger partial charge in [0.15, 0.2) is 11.5 Å². The van der Waals surface area contributed by atoms with Crippen molar-refractivity contribution < 1.29 is 28.6 Å². The summed E-state index contributed by atoms with van der Waals surface area (Å²) < 4.78 is 16.3. The zero-order valence-corrected chi connectivity index (χ0v) is 16.2. The predicted octanol–water partition coefficient (Wildman–Crippen LogP) is 0.176. The molecule has 0 aromatic heterocycles. The van der Waals surface area contributed by atoms with Crippen molar-refractivity contribution in [2.24, 2.45) is 5.92 Å². The highest BCUT2D eigenvalue weighted by Gasteiger charge is 2.35. The SMILES string of the molecule is O=C(NCCC(=O)N1CCOCC1)[C@@H]1CC(=O)N(c2ccc3c(c2)OCCO3)C1. The number of ether oxygens (including phenoxy) is 3. The highest BCUT2D eigenvalue weighted by atomic mass is 16.6. The van der Waals surface area contributed by atoms with Gasteiger partial charge in [0.1, 0.15) is 13.2 Å². The lowest BCUT2D eigenvalue weighted by Gasteiger charge is -2.26. The fourth-order valence-electron chi connectivity index (χ4n) is 3.74. The minimum Gasteiger partial charge on any atom is -0.486 e. The van der Waals surface area contributed by atoms with Gasteiger partial charge in [0, 0.05) is 50.8 Å². The van der Waals surface area contributed by atoms with Gasteiger partial charge in [0.25, 0.3) is 0 Å². The third kappa shape index (κ3) is 4.45. The monoisotopic (exact) mass is 403 g/mol. The Labute approximate surface area is 168 Å². The molecule has 3 heterocycles. The molecule has 9 nitrogen and oxygen atoms in total. The minimum atomic E-state index is -0.436. The van der Waals surface area contributed by atoms with Crippen LogP contribution in [0.3, 0.4) is 0 Å². The van der Waals surface area contributed by atoms with Crippen LogP contribution in [0.4, 0.5) is 5.69 Å². The van der Waals surface area contributed by atoms with Crippen molar-refractivity contribution in [2.45, 2.75) is 12.8 Å². The van der Waals surface area contributed by atoms with Gasteiger partial charge in [-0.2, -0.15) is 0 Å². The molecule has 156 valence electrons. The van der Waals surface area contributed by atoms with Gasteiger partial charge in [0.2, 0.25) is 17.7 Å². The summed E-state index contributed by atoms with van der Waals surface area (Å²) in [5.74, 6) is 0.532. The number of anilines is 1. The van der Waals surface area contributed by atoms with E-state index in [0.29, 0.717) is 63.2 Å². The number of carbonyl (C=O) groups excluding carboxylic acids is 3. The summed E-state index contributed by atoms with van der Waals surface area (Å²) in [4.78, 5) is 40.4. The Bertz CT molecular complexity index is 792. The average molecular weight is 403 g/mol. The molecular weight excluding hydrogens is 378 g/mol. The van der Waals surface area contributed by atoms with Crippen LogP contribution in [-0.4, -0.2) is 75.2 Å². The van der Waals surface area contributed by atoms with Crippen molar-refractivity contribution >= 4 is 23.4 Å². The Hall–Kier alpha value is -2.81.